The monoisotopic (exact) mass is 212 g/mol. The van der Waals surface area contributed by atoms with E-state index in [4.69, 9.17) is 5.11 Å². The van der Waals surface area contributed by atoms with E-state index in [1.54, 1.807) is 30.3 Å². The molecule has 0 heterocycles. The largest absolute Gasteiger partial charge is 0.390 e. The summed E-state index contributed by atoms with van der Waals surface area (Å²) in [7, 11) is 0. The highest BCUT2D eigenvalue weighted by atomic mass is 19.3. The molecular weight excluding hydrogens is 202 g/mol. The predicted octanol–water partition coefficient (Wildman–Crippen LogP) is 1.90. The first-order valence-corrected chi connectivity index (χ1v) is 4.32. The van der Waals surface area contributed by atoms with Gasteiger partial charge in [-0.1, -0.05) is 36.4 Å². The van der Waals surface area contributed by atoms with Gasteiger partial charge in [-0.3, -0.25) is 4.79 Å². The molecule has 0 bridgehead atoms. The molecule has 0 unspecified atom stereocenters. The summed E-state index contributed by atoms with van der Waals surface area (Å²) in [5, 5.41) is 8.26. The Morgan fingerprint density at radius 3 is 2.47 bits per heavy atom. The van der Waals surface area contributed by atoms with Crippen molar-refractivity contribution in [1.29, 1.82) is 0 Å². The van der Waals surface area contributed by atoms with Gasteiger partial charge in [0.05, 0.1) is 0 Å². The molecule has 4 heteroatoms. The van der Waals surface area contributed by atoms with E-state index in [0.29, 0.717) is 5.56 Å². The van der Waals surface area contributed by atoms with Crippen LogP contribution in [0.25, 0.3) is 6.08 Å². The maximum absolute atomic E-state index is 12.6. The zero-order chi connectivity index (χ0) is 11.3. The number of carbonyl (C=O) groups excluding carboxylic acids is 1. The van der Waals surface area contributed by atoms with E-state index < -0.39 is 18.3 Å². The molecule has 0 aliphatic carbocycles. The van der Waals surface area contributed by atoms with Crippen LogP contribution in [0.5, 0.6) is 0 Å². The topological polar surface area (TPSA) is 37.3 Å². The summed E-state index contributed by atoms with van der Waals surface area (Å²) in [6, 6.07) is 8.60. The average Bonchev–Trinajstić information content (AvgIpc) is 2.27. The Morgan fingerprint density at radius 2 is 1.93 bits per heavy atom. The minimum absolute atomic E-state index is 0.652. The van der Waals surface area contributed by atoms with E-state index >= 15 is 0 Å². The first-order valence-electron chi connectivity index (χ1n) is 4.32. The summed E-state index contributed by atoms with van der Waals surface area (Å²) in [5.41, 5.74) is 0.652. The molecule has 1 aromatic carbocycles. The van der Waals surface area contributed by atoms with Crippen molar-refractivity contribution < 1.29 is 18.7 Å². The van der Waals surface area contributed by atoms with E-state index in [1.807, 2.05) is 0 Å². The van der Waals surface area contributed by atoms with Gasteiger partial charge in [0.1, 0.15) is 6.61 Å². The standard InChI is InChI=1S/C11H10F2O2/c12-11(13,8-14)10(15)7-6-9-4-2-1-3-5-9/h1-7,14H,8H2/b7-6+. The number of benzene rings is 1. The highest BCUT2D eigenvalue weighted by Crippen LogP contribution is 2.15. The van der Waals surface area contributed by atoms with Gasteiger partial charge in [-0.25, -0.2) is 0 Å². The number of aliphatic hydroxyl groups excluding tert-OH is 1. The molecule has 1 N–H and O–H groups in total. The van der Waals surface area contributed by atoms with Gasteiger partial charge in [0.25, 0.3) is 0 Å². The van der Waals surface area contributed by atoms with Crippen LogP contribution in [0.1, 0.15) is 5.56 Å². The Balaban J connectivity index is 2.71. The van der Waals surface area contributed by atoms with Crippen molar-refractivity contribution in [3.8, 4) is 0 Å². The summed E-state index contributed by atoms with van der Waals surface area (Å²) >= 11 is 0. The Bertz CT molecular complexity index is 358. The average molecular weight is 212 g/mol. The number of aliphatic hydroxyl groups is 1. The van der Waals surface area contributed by atoms with Crippen LogP contribution in [0.2, 0.25) is 0 Å². The van der Waals surface area contributed by atoms with Crippen LogP contribution in [0.15, 0.2) is 36.4 Å². The first-order chi connectivity index (χ1) is 7.06. The molecule has 0 saturated carbocycles. The number of hydrogen-bond acceptors (Lipinski definition) is 2. The molecule has 0 radical (unpaired) electrons. The quantitative estimate of drug-likeness (QED) is 0.774. The second-order valence-corrected chi connectivity index (χ2v) is 2.97. The maximum Gasteiger partial charge on any atom is 0.331 e. The van der Waals surface area contributed by atoms with E-state index in [-0.39, 0.29) is 0 Å². The molecule has 1 aromatic rings. The number of halogens is 2. The van der Waals surface area contributed by atoms with Gasteiger partial charge in [0.2, 0.25) is 5.78 Å². The minimum Gasteiger partial charge on any atom is -0.390 e. The second-order valence-electron chi connectivity index (χ2n) is 2.97. The van der Waals surface area contributed by atoms with Gasteiger partial charge < -0.3 is 5.11 Å². The van der Waals surface area contributed by atoms with Crippen LogP contribution in [-0.2, 0) is 4.79 Å². The lowest BCUT2D eigenvalue weighted by atomic mass is 10.1. The lowest BCUT2D eigenvalue weighted by Crippen LogP contribution is -2.30. The Kier molecular flexibility index (Phi) is 3.68. The van der Waals surface area contributed by atoms with Gasteiger partial charge in [0, 0.05) is 0 Å². The Morgan fingerprint density at radius 1 is 1.33 bits per heavy atom. The van der Waals surface area contributed by atoms with Crippen LogP contribution in [0.3, 0.4) is 0 Å². The lowest BCUT2D eigenvalue weighted by molar-refractivity contribution is -0.142. The van der Waals surface area contributed by atoms with Crippen molar-refractivity contribution >= 4 is 11.9 Å². The number of carbonyl (C=O) groups is 1. The van der Waals surface area contributed by atoms with E-state index in [9.17, 15) is 13.6 Å². The highest BCUT2D eigenvalue weighted by Gasteiger charge is 2.35. The summed E-state index contributed by atoms with van der Waals surface area (Å²) < 4.78 is 25.2. The van der Waals surface area contributed by atoms with Gasteiger partial charge >= 0.3 is 5.92 Å². The van der Waals surface area contributed by atoms with Crippen LogP contribution >= 0.6 is 0 Å². The molecule has 0 atom stereocenters. The Labute approximate surface area is 85.9 Å². The van der Waals surface area contributed by atoms with Crippen molar-refractivity contribution in [3.05, 3.63) is 42.0 Å². The summed E-state index contributed by atoms with van der Waals surface area (Å²) in [6.45, 7) is -1.47. The van der Waals surface area contributed by atoms with Gasteiger partial charge in [-0.2, -0.15) is 8.78 Å². The molecule has 1 rings (SSSR count). The zero-order valence-corrected chi connectivity index (χ0v) is 7.86. The third-order valence-electron chi connectivity index (χ3n) is 1.79. The summed E-state index contributed by atoms with van der Waals surface area (Å²) in [6.07, 6.45) is 2.05. The molecule has 80 valence electrons. The smallest absolute Gasteiger partial charge is 0.331 e. The van der Waals surface area contributed by atoms with E-state index in [2.05, 4.69) is 0 Å². The number of allylic oxidation sites excluding steroid dienone is 1. The summed E-state index contributed by atoms with van der Waals surface area (Å²) in [5.74, 6) is -5.08. The SMILES string of the molecule is O=C(/C=C/c1ccccc1)C(F)(F)CO. The molecule has 0 aliphatic rings. The van der Waals surface area contributed by atoms with Crippen LogP contribution in [0, 0.1) is 0 Å². The molecule has 2 nitrogen and oxygen atoms in total. The molecule has 0 aliphatic heterocycles. The number of rotatable bonds is 4. The van der Waals surface area contributed by atoms with Gasteiger partial charge in [-0.05, 0) is 11.6 Å². The molecule has 0 saturated heterocycles. The van der Waals surface area contributed by atoms with Crippen molar-refractivity contribution in [3.63, 3.8) is 0 Å². The highest BCUT2D eigenvalue weighted by molar-refractivity contribution is 5.98. The fraction of sp³-hybridized carbons (Fsp3) is 0.182. The summed E-state index contributed by atoms with van der Waals surface area (Å²) in [4.78, 5) is 10.9. The number of ketones is 1. The van der Waals surface area contributed by atoms with Crippen molar-refractivity contribution in [2.75, 3.05) is 6.61 Å². The fourth-order valence-electron chi connectivity index (χ4n) is 0.936. The third kappa shape index (κ3) is 3.25. The lowest BCUT2D eigenvalue weighted by Gasteiger charge is -2.07. The van der Waals surface area contributed by atoms with Crippen molar-refractivity contribution in [2.24, 2.45) is 0 Å². The minimum atomic E-state index is -3.69. The normalized spacial score (nSPS) is 11.9. The van der Waals surface area contributed by atoms with Crippen molar-refractivity contribution in [2.45, 2.75) is 5.92 Å². The number of alkyl halides is 2. The molecular formula is C11H10F2O2. The Hall–Kier alpha value is -1.55. The zero-order valence-electron chi connectivity index (χ0n) is 7.86. The van der Waals surface area contributed by atoms with Gasteiger partial charge in [0.15, 0.2) is 0 Å². The van der Waals surface area contributed by atoms with Gasteiger partial charge in [-0.15, -0.1) is 0 Å². The predicted molar refractivity (Wildman–Crippen MR) is 52.5 cm³/mol. The van der Waals surface area contributed by atoms with Crippen LogP contribution in [0.4, 0.5) is 8.78 Å². The molecule has 0 spiro atoms. The maximum atomic E-state index is 12.6. The molecule has 0 fully saturated rings. The number of hydrogen-bond donors (Lipinski definition) is 1. The van der Waals surface area contributed by atoms with Crippen LogP contribution < -0.4 is 0 Å². The van der Waals surface area contributed by atoms with Crippen LogP contribution in [-0.4, -0.2) is 23.4 Å². The second kappa shape index (κ2) is 4.79. The van der Waals surface area contributed by atoms with E-state index in [1.165, 1.54) is 6.08 Å². The van der Waals surface area contributed by atoms with E-state index in [0.717, 1.165) is 6.08 Å². The third-order valence-corrected chi connectivity index (χ3v) is 1.79. The molecule has 0 amide bonds. The molecule has 0 aromatic heterocycles. The fourth-order valence-corrected chi connectivity index (χ4v) is 0.936. The first kappa shape index (κ1) is 11.5. The van der Waals surface area contributed by atoms with Crippen molar-refractivity contribution in [1.82, 2.24) is 0 Å². The molecule has 15 heavy (non-hydrogen) atoms.